The smallest absolute Gasteiger partial charge is 0.448 e. The molecule has 2 N–H and O–H groups in total. The summed E-state index contributed by atoms with van der Waals surface area (Å²) in [6.45, 7) is 0. The fourth-order valence-electron chi connectivity index (χ4n) is 1.91. The Bertz CT molecular complexity index is 673. The van der Waals surface area contributed by atoms with E-state index in [1.807, 2.05) is 0 Å². The van der Waals surface area contributed by atoms with Crippen molar-refractivity contribution in [2.24, 2.45) is 0 Å². The number of ether oxygens (including phenoxy) is 1. The zero-order valence-electron chi connectivity index (χ0n) is 11.4. The summed E-state index contributed by atoms with van der Waals surface area (Å²) in [5, 5.41) is 0. The molecule has 0 heterocycles. The van der Waals surface area contributed by atoms with Gasteiger partial charge in [-0.2, -0.15) is 26.3 Å². The molecule has 8 heteroatoms. The van der Waals surface area contributed by atoms with Crippen molar-refractivity contribution in [1.29, 1.82) is 0 Å². The lowest BCUT2D eigenvalue weighted by atomic mass is 9.98. The Morgan fingerprint density at radius 3 is 1.78 bits per heavy atom. The van der Waals surface area contributed by atoms with Gasteiger partial charge in [-0.3, -0.25) is 0 Å². The number of nitrogen functional groups attached to an aromatic ring is 1. The van der Waals surface area contributed by atoms with Crippen LogP contribution in [0.4, 0.5) is 32.0 Å². The molecule has 1 atom stereocenters. The van der Waals surface area contributed by atoms with Crippen LogP contribution in [0.15, 0.2) is 54.6 Å². The van der Waals surface area contributed by atoms with Crippen LogP contribution < -0.4 is 10.5 Å². The number of halogens is 6. The van der Waals surface area contributed by atoms with Crippen molar-refractivity contribution >= 4 is 5.69 Å². The molecule has 0 fully saturated rings. The first-order valence-electron chi connectivity index (χ1n) is 6.32. The lowest BCUT2D eigenvalue weighted by Crippen LogP contribution is -2.55. The molecule has 0 aliphatic heterocycles. The minimum absolute atomic E-state index is 0.498. The predicted octanol–water partition coefficient (Wildman–Crippen LogP) is 4.67. The Morgan fingerprint density at radius 2 is 1.26 bits per heavy atom. The summed E-state index contributed by atoms with van der Waals surface area (Å²) in [5.41, 5.74) is 3.69. The average Bonchev–Trinajstić information content (AvgIpc) is 2.47. The predicted molar refractivity (Wildman–Crippen MR) is 71.7 cm³/mol. The Labute approximate surface area is 127 Å². The van der Waals surface area contributed by atoms with E-state index in [9.17, 15) is 26.3 Å². The number of hydrogen-bond donors (Lipinski definition) is 1. The average molecular weight is 335 g/mol. The highest BCUT2D eigenvalue weighted by atomic mass is 19.4. The van der Waals surface area contributed by atoms with Gasteiger partial charge in [0.15, 0.2) is 0 Å². The molecule has 0 aromatic heterocycles. The molecule has 0 spiro atoms. The van der Waals surface area contributed by atoms with Crippen molar-refractivity contribution in [2.75, 3.05) is 5.73 Å². The van der Waals surface area contributed by atoms with E-state index in [1.165, 1.54) is 24.3 Å². The largest absolute Gasteiger partial charge is 0.461 e. The van der Waals surface area contributed by atoms with Crippen molar-refractivity contribution < 1.29 is 31.1 Å². The van der Waals surface area contributed by atoms with E-state index in [0.717, 1.165) is 30.3 Å². The van der Waals surface area contributed by atoms with Gasteiger partial charge in [0.2, 0.25) is 0 Å². The van der Waals surface area contributed by atoms with Crippen LogP contribution in [-0.2, 0) is 5.85 Å². The third kappa shape index (κ3) is 2.93. The molecule has 23 heavy (non-hydrogen) atoms. The molecule has 124 valence electrons. The number of anilines is 1. The van der Waals surface area contributed by atoms with Gasteiger partial charge in [-0.25, -0.2) is 0 Å². The molecule has 0 bridgehead atoms. The minimum Gasteiger partial charge on any atom is -0.448 e. The van der Waals surface area contributed by atoms with Gasteiger partial charge in [0.05, 0.1) is 5.56 Å². The van der Waals surface area contributed by atoms with Crippen LogP contribution in [0.1, 0.15) is 5.56 Å². The van der Waals surface area contributed by atoms with E-state index >= 15 is 0 Å². The minimum atomic E-state index is -6.18. The molecule has 2 nitrogen and oxygen atoms in total. The standard InChI is InChI=1S/C15H11F6NO/c16-13(14(17,18)15(19,20)21,11-8-4-5-9-12(11)22)23-10-6-2-1-3-7-10/h1-9H,22H2. The van der Waals surface area contributed by atoms with Gasteiger partial charge in [-0.05, 0) is 24.3 Å². The summed E-state index contributed by atoms with van der Waals surface area (Å²) in [6.07, 6.45) is -6.18. The summed E-state index contributed by atoms with van der Waals surface area (Å²) in [4.78, 5) is 0. The molecular weight excluding hydrogens is 324 g/mol. The number of benzene rings is 2. The zero-order chi connectivity index (χ0) is 17.3. The summed E-state index contributed by atoms with van der Waals surface area (Å²) in [5.74, 6) is -10.8. The molecule has 2 rings (SSSR count). The lowest BCUT2D eigenvalue weighted by Gasteiger charge is -2.35. The SMILES string of the molecule is Nc1ccccc1C(F)(Oc1ccccc1)C(F)(F)C(F)(F)F. The maximum Gasteiger partial charge on any atom is 0.461 e. The van der Waals surface area contributed by atoms with Crippen LogP contribution in [0.5, 0.6) is 5.75 Å². The first-order valence-corrected chi connectivity index (χ1v) is 6.32. The van der Waals surface area contributed by atoms with Gasteiger partial charge in [0.1, 0.15) is 5.75 Å². The topological polar surface area (TPSA) is 35.2 Å². The molecule has 0 saturated carbocycles. The lowest BCUT2D eigenvalue weighted by molar-refractivity contribution is -0.371. The highest BCUT2D eigenvalue weighted by molar-refractivity contribution is 5.50. The van der Waals surface area contributed by atoms with E-state index < -0.39 is 35.0 Å². The van der Waals surface area contributed by atoms with Crippen molar-refractivity contribution in [3.8, 4) is 5.75 Å². The van der Waals surface area contributed by atoms with E-state index in [1.54, 1.807) is 0 Å². The van der Waals surface area contributed by atoms with E-state index in [4.69, 9.17) is 5.73 Å². The Balaban J connectivity index is 2.62. The van der Waals surface area contributed by atoms with Crippen molar-refractivity contribution in [3.05, 3.63) is 60.2 Å². The second-order valence-electron chi connectivity index (χ2n) is 4.67. The van der Waals surface area contributed by atoms with Crippen LogP contribution in [0.2, 0.25) is 0 Å². The number of hydrogen-bond acceptors (Lipinski definition) is 2. The fraction of sp³-hybridized carbons (Fsp3) is 0.200. The Kier molecular flexibility index (Phi) is 4.19. The fourth-order valence-corrected chi connectivity index (χ4v) is 1.91. The normalized spacial score (nSPS) is 15.0. The second kappa shape index (κ2) is 5.68. The highest BCUT2D eigenvalue weighted by Crippen LogP contribution is 2.52. The molecule has 1 unspecified atom stereocenters. The molecule has 2 aromatic carbocycles. The van der Waals surface area contributed by atoms with Crippen LogP contribution >= 0.6 is 0 Å². The van der Waals surface area contributed by atoms with Crippen LogP contribution in [0.25, 0.3) is 0 Å². The van der Waals surface area contributed by atoms with Gasteiger partial charge in [0.25, 0.3) is 0 Å². The Hall–Kier alpha value is -2.38. The van der Waals surface area contributed by atoms with E-state index in [2.05, 4.69) is 4.74 Å². The number of para-hydroxylation sites is 2. The van der Waals surface area contributed by atoms with Crippen LogP contribution in [0, 0.1) is 0 Å². The number of rotatable bonds is 4. The van der Waals surface area contributed by atoms with Gasteiger partial charge in [-0.1, -0.05) is 30.3 Å². The monoisotopic (exact) mass is 335 g/mol. The molecule has 0 aliphatic carbocycles. The summed E-state index contributed by atoms with van der Waals surface area (Å²) >= 11 is 0. The van der Waals surface area contributed by atoms with Crippen molar-refractivity contribution in [2.45, 2.75) is 18.0 Å². The third-order valence-electron chi connectivity index (χ3n) is 3.07. The number of nitrogens with two attached hydrogens (primary N) is 1. The zero-order valence-corrected chi connectivity index (χ0v) is 11.4. The molecule has 0 aliphatic rings. The molecule has 0 amide bonds. The number of alkyl halides is 6. The van der Waals surface area contributed by atoms with E-state index in [-0.39, 0.29) is 0 Å². The van der Waals surface area contributed by atoms with E-state index in [0.29, 0.717) is 0 Å². The highest BCUT2D eigenvalue weighted by Gasteiger charge is 2.74. The maximum absolute atomic E-state index is 15.0. The van der Waals surface area contributed by atoms with Gasteiger partial charge in [0, 0.05) is 5.69 Å². The van der Waals surface area contributed by atoms with Crippen LogP contribution in [0.3, 0.4) is 0 Å². The maximum atomic E-state index is 15.0. The Morgan fingerprint density at radius 1 is 0.739 bits per heavy atom. The first-order chi connectivity index (χ1) is 10.6. The van der Waals surface area contributed by atoms with Crippen molar-refractivity contribution in [1.82, 2.24) is 0 Å². The molecule has 0 saturated heterocycles. The van der Waals surface area contributed by atoms with Gasteiger partial charge < -0.3 is 10.5 Å². The summed E-state index contributed by atoms with van der Waals surface area (Å²) < 4.78 is 85.3. The molecule has 0 radical (unpaired) electrons. The first kappa shape index (κ1) is 17.0. The van der Waals surface area contributed by atoms with Crippen LogP contribution in [-0.4, -0.2) is 12.1 Å². The van der Waals surface area contributed by atoms with Crippen molar-refractivity contribution in [3.63, 3.8) is 0 Å². The second-order valence-corrected chi connectivity index (χ2v) is 4.67. The molecule has 2 aromatic rings. The van der Waals surface area contributed by atoms with Gasteiger partial charge in [-0.15, -0.1) is 0 Å². The molecular formula is C15H11F6NO. The summed E-state index contributed by atoms with van der Waals surface area (Å²) in [6, 6.07) is 10.3. The van der Waals surface area contributed by atoms with Gasteiger partial charge >= 0.3 is 18.0 Å². The summed E-state index contributed by atoms with van der Waals surface area (Å²) in [7, 11) is 0. The third-order valence-corrected chi connectivity index (χ3v) is 3.07. The quantitative estimate of drug-likeness (QED) is 0.651.